The maximum absolute atomic E-state index is 13.8. The minimum absolute atomic E-state index is 0.0583. The molecule has 0 unspecified atom stereocenters. The zero-order valence-corrected chi connectivity index (χ0v) is 17.2. The molecule has 4 rings (SSSR count). The van der Waals surface area contributed by atoms with Crippen molar-refractivity contribution in [3.8, 4) is 0 Å². The topological polar surface area (TPSA) is 85.3 Å². The Labute approximate surface area is 161 Å². The summed E-state index contributed by atoms with van der Waals surface area (Å²) in [7, 11) is -5.16. The van der Waals surface area contributed by atoms with Gasteiger partial charge in [0.15, 0.2) is 21.4 Å². The normalized spacial score (nSPS) is 32.9. The lowest BCUT2D eigenvalue weighted by Crippen LogP contribution is -2.63. The van der Waals surface area contributed by atoms with Gasteiger partial charge in [-0.25, -0.2) is 8.42 Å². The van der Waals surface area contributed by atoms with Crippen LogP contribution >= 0.6 is 0 Å². The smallest absolute Gasteiger partial charge is 0.183 e. The standard InChI is InChI=1S/C20H22O5S2/c1-11(2)26(23)20-15-8-9-27(24,25)18(15)12(3)10-16(20)17(21)13-6-4-5-7-14(13)19(20)22/h4-7,11,15-16H,8-10H2,1-3H3/t15-,16+,20+,26+/m1/s1. The highest BCUT2D eigenvalue weighted by molar-refractivity contribution is 7.95. The highest BCUT2D eigenvalue weighted by atomic mass is 32.2. The second-order valence-electron chi connectivity index (χ2n) is 7.94. The van der Waals surface area contributed by atoms with E-state index in [0.29, 0.717) is 11.1 Å². The lowest BCUT2D eigenvalue weighted by Gasteiger charge is -2.49. The van der Waals surface area contributed by atoms with Crippen LogP contribution in [-0.4, -0.2) is 39.9 Å². The van der Waals surface area contributed by atoms with Gasteiger partial charge in [0, 0.05) is 38.0 Å². The lowest BCUT2D eigenvalue weighted by molar-refractivity contribution is 0.0713. The third-order valence-corrected chi connectivity index (χ3v) is 10.5. The number of benzene rings is 1. The predicted molar refractivity (Wildman–Crippen MR) is 104 cm³/mol. The zero-order chi connectivity index (χ0) is 19.7. The van der Waals surface area contributed by atoms with E-state index in [1.165, 1.54) is 0 Å². The fourth-order valence-electron chi connectivity index (χ4n) is 5.16. The summed E-state index contributed by atoms with van der Waals surface area (Å²) < 4.78 is 37.5. The average Bonchev–Trinajstić information content (AvgIpc) is 2.95. The molecule has 2 aliphatic carbocycles. The molecule has 1 fully saturated rings. The molecular weight excluding hydrogens is 384 g/mol. The van der Waals surface area contributed by atoms with Crippen LogP contribution in [0.25, 0.3) is 0 Å². The highest BCUT2D eigenvalue weighted by Gasteiger charge is 2.67. The molecule has 1 aromatic carbocycles. The predicted octanol–water partition coefficient (Wildman–Crippen LogP) is 2.69. The molecule has 0 radical (unpaired) electrons. The molecule has 0 bridgehead atoms. The first-order chi connectivity index (χ1) is 12.6. The van der Waals surface area contributed by atoms with Crippen molar-refractivity contribution in [1.82, 2.24) is 0 Å². The Morgan fingerprint density at radius 2 is 1.74 bits per heavy atom. The van der Waals surface area contributed by atoms with Crippen molar-refractivity contribution in [2.75, 3.05) is 5.75 Å². The van der Waals surface area contributed by atoms with Crippen molar-refractivity contribution in [1.29, 1.82) is 0 Å². The second-order valence-corrected chi connectivity index (χ2v) is 12.2. The van der Waals surface area contributed by atoms with Gasteiger partial charge in [-0.05, 0) is 19.8 Å². The fraction of sp³-hybridized carbons (Fsp3) is 0.500. The molecule has 0 aromatic heterocycles. The summed E-state index contributed by atoms with van der Waals surface area (Å²) in [4.78, 5) is 27.4. The van der Waals surface area contributed by atoms with E-state index in [0.717, 1.165) is 0 Å². The Kier molecular flexibility index (Phi) is 4.13. The third kappa shape index (κ3) is 2.27. The number of Topliss-reactive ketones (excluding diaryl/α,β-unsaturated/α-hetero) is 2. The van der Waals surface area contributed by atoms with Crippen molar-refractivity contribution in [3.63, 3.8) is 0 Å². The van der Waals surface area contributed by atoms with Crippen molar-refractivity contribution in [2.45, 2.75) is 43.6 Å². The number of allylic oxidation sites excluding steroid dienone is 2. The lowest BCUT2D eigenvalue weighted by atomic mass is 9.62. The van der Waals surface area contributed by atoms with Gasteiger partial charge >= 0.3 is 0 Å². The van der Waals surface area contributed by atoms with E-state index in [1.54, 1.807) is 45.0 Å². The molecule has 3 aliphatic rings. The Bertz CT molecular complexity index is 1030. The number of hydrogen-bond donors (Lipinski definition) is 0. The van der Waals surface area contributed by atoms with Gasteiger partial charge in [0.2, 0.25) is 0 Å². The van der Waals surface area contributed by atoms with Crippen LogP contribution in [0.1, 0.15) is 54.3 Å². The molecule has 1 aromatic rings. The van der Waals surface area contributed by atoms with Crippen molar-refractivity contribution >= 4 is 32.2 Å². The van der Waals surface area contributed by atoms with Crippen molar-refractivity contribution in [3.05, 3.63) is 45.9 Å². The van der Waals surface area contributed by atoms with Gasteiger partial charge in [-0.3, -0.25) is 13.8 Å². The number of fused-ring (bicyclic) bond motifs is 4. The Balaban J connectivity index is 2.08. The van der Waals surface area contributed by atoms with Crippen LogP contribution in [0.4, 0.5) is 0 Å². The van der Waals surface area contributed by atoms with Gasteiger partial charge in [-0.2, -0.15) is 0 Å². The summed E-state index contributed by atoms with van der Waals surface area (Å²) in [5.74, 6) is -2.04. The van der Waals surface area contributed by atoms with Crippen LogP contribution in [0, 0.1) is 11.8 Å². The molecule has 0 N–H and O–H groups in total. The summed E-state index contributed by atoms with van der Waals surface area (Å²) in [5, 5.41) is -0.363. The first-order valence-electron chi connectivity index (χ1n) is 9.15. The molecule has 0 amide bonds. The van der Waals surface area contributed by atoms with Gasteiger partial charge in [0.05, 0.1) is 11.7 Å². The molecule has 27 heavy (non-hydrogen) atoms. The minimum Gasteiger partial charge on any atom is -0.294 e. The van der Waals surface area contributed by atoms with Crippen LogP contribution in [0.3, 0.4) is 0 Å². The number of carbonyl (C=O) groups is 2. The summed E-state index contributed by atoms with van der Waals surface area (Å²) in [5.41, 5.74) is 1.27. The van der Waals surface area contributed by atoms with E-state index in [-0.39, 0.29) is 45.9 Å². The maximum atomic E-state index is 13.8. The van der Waals surface area contributed by atoms with E-state index in [4.69, 9.17) is 0 Å². The molecule has 0 saturated carbocycles. The van der Waals surface area contributed by atoms with Crippen LogP contribution in [0.5, 0.6) is 0 Å². The second kappa shape index (κ2) is 5.95. The molecule has 7 heteroatoms. The summed E-state index contributed by atoms with van der Waals surface area (Å²) in [6.07, 6.45) is 0.410. The van der Waals surface area contributed by atoms with Gasteiger partial charge in [0.1, 0.15) is 4.75 Å². The minimum atomic E-state index is -3.48. The van der Waals surface area contributed by atoms with Crippen LogP contribution in [0.15, 0.2) is 34.7 Å². The SMILES string of the molecule is CC1=C2[C@@H](CCS2(=O)=O)[C@@]2([S@@](=O)C(C)C)C(=O)c3ccccc3C(=O)[C@@H]2C1. The Morgan fingerprint density at radius 3 is 2.37 bits per heavy atom. The molecule has 1 saturated heterocycles. The number of ketones is 2. The van der Waals surface area contributed by atoms with Crippen molar-refractivity contribution < 1.29 is 22.2 Å². The van der Waals surface area contributed by atoms with Crippen LogP contribution in [-0.2, 0) is 20.6 Å². The van der Waals surface area contributed by atoms with E-state index < -0.39 is 37.2 Å². The van der Waals surface area contributed by atoms with E-state index in [2.05, 4.69) is 0 Å². The molecule has 144 valence electrons. The Morgan fingerprint density at radius 1 is 1.11 bits per heavy atom. The average molecular weight is 407 g/mol. The first-order valence-corrected chi connectivity index (χ1v) is 12.0. The van der Waals surface area contributed by atoms with E-state index >= 15 is 0 Å². The zero-order valence-electron chi connectivity index (χ0n) is 15.5. The fourth-order valence-corrected chi connectivity index (χ4v) is 9.42. The molecular formula is C20H22O5S2. The highest BCUT2D eigenvalue weighted by Crippen LogP contribution is 2.56. The molecule has 1 aliphatic heterocycles. The summed E-state index contributed by atoms with van der Waals surface area (Å²) in [6.45, 7) is 5.24. The number of rotatable bonds is 2. The number of carbonyl (C=O) groups excluding carboxylic acids is 2. The summed E-state index contributed by atoms with van der Waals surface area (Å²) in [6, 6.07) is 6.64. The van der Waals surface area contributed by atoms with Crippen LogP contribution < -0.4 is 0 Å². The van der Waals surface area contributed by atoms with Crippen LogP contribution in [0.2, 0.25) is 0 Å². The Hall–Kier alpha value is -1.60. The molecule has 5 nitrogen and oxygen atoms in total. The number of sulfone groups is 1. The van der Waals surface area contributed by atoms with Gasteiger partial charge in [-0.15, -0.1) is 0 Å². The van der Waals surface area contributed by atoms with Gasteiger partial charge in [0.25, 0.3) is 0 Å². The maximum Gasteiger partial charge on any atom is 0.183 e. The molecule has 1 heterocycles. The van der Waals surface area contributed by atoms with Gasteiger partial charge in [-0.1, -0.05) is 43.7 Å². The number of hydrogen-bond acceptors (Lipinski definition) is 5. The molecule has 0 spiro atoms. The van der Waals surface area contributed by atoms with Gasteiger partial charge < -0.3 is 0 Å². The quantitative estimate of drug-likeness (QED) is 0.754. The van der Waals surface area contributed by atoms with E-state index in [1.807, 2.05) is 0 Å². The van der Waals surface area contributed by atoms with E-state index in [9.17, 15) is 22.2 Å². The van der Waals surface area contributed by atoms with Crippen molar-refractivity contribution in [2.24, 2.45) is 11.8 Å². The largest absolute Gasteiger partial charge is 0.294 e. The third-order valence-electron chi connectivity index (χ3n) is 6.16. The monoisotopic (exact) mass is 406 g/mol. The molecule has 4 atom stereocenters. The summed E-state index contributed by atoms with van der Waals surface area (Å²) >= 11 is 0. The first kappa shape index (κ1) is 18.7.